The summed E-state index contributed by atoms with van der Waals surface area (Å²) in [6, 6.07) is -0.611. The van der Waals surface area contributed by atoms with Crippen LogP contribution in [0.25, 0.3) is 0 Å². The van der Waals surface area contributed by atoms with Crippen molar-refractivity contribution in [3.63, 3.8) is 0 Å². The molecule has 0 aromatic carbocycles. The first-order valence-electron chi connectivity index (χ1n) is 9.82. The van der Waals surface area contributed by atoms with Gasteiger partial charge in [0.1, 0.15) is 5.54 Å². The Bertz CT molecular complexity index is 617. The molecule has 2 aliphatic rings. The summed E-state index contributed by atoms with van der Waals surface area (Å²) in [6.07, 6.45) is 0.441. The average molecular weight is 396 g/mol. The van der Waals surface area contributed by atoms with Crippen molar-refractivity contribution in [3.05, 3.63) is 0 Å². The molecule has 0 aromatic heterocycles. The third-order valence-electron chi connectivity index (χ3n) is 5.11. The smallest absolute Gasteiger partial charge is 0.344 e. The fraction of sp³-hybridized carbons (Fsp3) is 0.778. The molecule has 0 aromatic rings. The highest BCUT2D eigenvalue weighted by Crippen LogP contribution is 2.19. The second-order valence-electron chi connectivity index (χ2n) is 8.04. The highest BCUT2D eigenvalue weighted by Gasteiger charge is 2.47. The number of hydrogen-bond donors (Lipinski definition) is 3. The van der Waals surface area contributed by atoms with Gasteiger partial charge in [0.05, 0.1) is 13.1 Å². The Balaban J connectivity index is 1.73. The normalized spacial score (nSPS) is 23.8. The number of amides is 5. The van der Waals surface area contributed by atoms with Crippen LogP contribution < -0.4 is 16.1 Å². The number of piperazine rings is 1. The van der Waals surface area contributed by atoms with Crippen LogP contribution in [0.1, 0.15) is 34.1 Å². The molecule has 3 N–H and O–H groups in total. The highest BCUT2D eigenvalue weighted by molar-refractivity contribution is 6.07. The van der Waals surface area contributed by atoms with E-state index in [1.54, 1.807) is 13.8 Å². The van der Waals surface area contributed by atoms with Gasteiger partial charge in [0.2, 0.25) is 5.91 Å². The van der Waals surface area contributed by atoms with Gasteiger partial charge in [-0.25, -0.2) is 4.79 Å². The van der Waals surface area contributed by atoms with E-state index in [0.29, 0.717) is 51.6 Å². The number of hydrazine groups is 1. The van der Waals surface area contributed by atoms with Gasteiger partial charge in [-0.05, 0) is 19.3 Å². The van der Waals surface area contributed by atoms with E-state index >= 15 is 0 Å². The van der Waals surface area contributed by atoms with Crippen LogP contribution >= 0.6 is 0 Å². The molecule has 2 fully saturated rings. The molecule has 2 rings (SSSR count). The molecule has 28 heavy (non-hydrogen) atoms. The first kappa shape index (κ1) is 22.1. The summed E-state index contributed by atoms with van der Waals surface area (Å²) in [7, 11) is 0. The lowest BCUT2D eigenvalue weighted by molar-refractivity contribution is -0.139. The molecule has 0 bridgehead atoms. The van der Waals surface area contributed by atoms with E-state index in [4.69, 9.17) is 0 Å². The van der Waals surface area contributed by atoms with Crippen LogP contribution in [0.5, 0.6) is 0 Å². The number of nitrogens with zero attached hydrogens (tertiary/aromatic N) is 3. The molecule has 2 heterocycles. The fourth-order valence-electron chi connectivity index (χ4n) is 3.07. The van der Waals surface area contributed by atoms with E-state index in [1.807, 2.05) is 23.6 Å². The Morgan fingerprint density at radius 3 is 2.07 bits per heavy atom. The zero-order valence-corrected chi connectivity index (χ0v) is 17.2. The summed E-state index contributed by atoms with van der Waals surface area (Å²) >= 11 is 0. The second kappa shape index (κ2) is 9.33. The molecule has 0 aliphatic carbocycles. The number of nitrogens with one attached hydrogen (secondary N) is 3. The lowest BCUT2D eigenvalue weighted by atomic mass is 10.00. The zero-order chi connectivity index (χ0) is 20.9. The van der Waals surface area contributed by atoms with Crippen molar-refractivity contribution in [3.8, 4) is 0 Å². The summed E-state index contributed by atoms with van der Waals surface area (Å²) in [5.41, 5.74) is 1.42. The third-order valence-corrected chi connectivity index (χ3v) is 5.11. The van der Waals surface area contributed by atoms with Crippen molar-refractivity contribution in [2.75, 3.05) is 45.8 Å². The number of imide groups is 1. The molecule has 1 atom stereocenters. The molecule has 2 aliphatic heterocycles. The van der Waals surface area contributed by atoms with Gasteiger partial charge >= 0.3 is 6.03 Å². The number of carbonyl (C=O) groups excluding carboxylic acids is 4. The van der Waals surface area contributed by atoms with Crippen LogP contribution in [0.4, 0.5) is 4.79 Å². The second-order valence-corrected chi connectivity index (χ2v) is 8.04. The first-order valence-corrected chi connectivity index (χ1v) is 9.82. The standard InChI is InChI=1S/C18H32N6O4/c1-5-18(4)16(27)24(17(28)20-18)21-15(26)12-23-8-6-22(7-9-23)11-14(25)19-10-13(2)3/h13H,5-12H2,1-4H3,(H,19,25)(H,20,28)(H,21,26)/t18-/m0/s1. The average Bonchev–Trinajstić information content (AvgIpc) is 2.85. The lowest BCUT2D eigenvalue weighted by Gasteiger charge is -2.34. The molecule has 0 unspecified atom stereocenters. The van der Waals surface area contributed by atoms with Gasteiger partial charge in [0, 0.05) is 32.7 Å². The molecule has 0 spiro atoms. The monoisotopic (exact) mass is 396 g/mol. The summed E-state index contributed by atoms with van der Waals surface area (Å²) < 4.78 is 0. The van der Waals surface area contributed by atoms with E-state index in [1.165, 1.54) is 0 Å². The van der Waals surface area contributed by atoms with Crippen molar-refractivity contribution in [1.82, 2.24) is 30.9 Å². The van der Waals surface area contributed by atoms with Crippen LogP contribution in [-0.4, -0.2) is 89.9 Å². The molecular formula is C18H32N6O4. The molecular weight excluding hydrogens is 364 g/mol. The van der Waals surface area contributed by atoms with Crippen LogP contribution in [-0.2, 0) is 14.4 Å². The van der Waals surface area contributed by atoms with E-state index in [2.05, 4.69) is 16.1 Å². The third kappa shape index (κ3) is 5.65. The van der Waals surface area contributed by atoms with Crippen LogP contribution in [0.2, 0.25) is 0 Å². The minimum atomic E-state index is -0.980. The summed E-state index contributed by atoms with van der Waals surface area (Å²) in [4.78, 5) is 52.4. The van der Waals surface area contributed by atoms with E-state index < -0.39 is 23.4 Å². The van der Waals surface area contributed by atoms with E-state index in [9.17, 15) is 19.2 Å². The largest absolute Gasteiger partial charge is 0.355 e. The molecule has 10 heteroatoms. The van der Waals surface area contributed by atoms with Crippen LogP contribution in [0.15, 0.2) is 0 Å². The number of hydrogen-bond acceptors (Lipinski definition) is 6. The highest BCUT2D eigenvalue weighted by atomic mass is 16.2. The molecule has 2 saturated heterocycles. The Kier molecular flexibility index (Phi) is 7.36. The first-order chi connectivity index (χ1) is 13.1. The predicted octanol–water partition coefficient (Wildman–Crippen LogP) is -0.872. The minimum Gasteiger partial charge on any atom is -0.355 e. The quantitative estimate of drug-likeness (QED) is 0.460. The van der Waals surface area contributed by atoms with Crippen molar-refractivity contribution in [1.29, 1.82) is 0 Å². The minimum absolute atomic E-state index is 0.0115. The summed E-state index contributed by atoms with van der Waals surface area (Å²) in [6.45, 7) is 11.3. The Hall–Kier alpha value is -2.20. The maximum absolute atomic E-state index is 12.3. The van der Waals surface area contributed by atoms with E-state index in [-0.39, 0.29) is 12.5 Å². The topological polar surface area (TPSA) is 114 Å². The lowest BCUT2D eigenvalue weighted by Crippen LogP contribution is -2.54. The SMILES string of the molecule is CC[C@]1(C)NC(=O)N(NC(=O)CN2CCN(CC(=O)NCC(C)C)CC2)C1=O. The van der Waals surface area contributed by atoms with Gasteiger partial charge in [-0.1, -0.05) is 20.8 Å². The fourth-order valence-corrected chi connectivity index (χ4v) is 3.07. The van der Waals surface area contributed by atoms with Gasteiger partial charge in [-0.2, -0.15) is 5.01 Å². The molecule has 5 amide bonds. The van der Waals surface area contributed by atoms with E-state index in [0.717, 1.165) is 5.01 Å². The number of rotatable bonds is 8. The van der Waals surface area contributed by atoms with Crippen molar-refractivity contribution in [2.24, 2.45) is 5.92 Å². The van der Waals surface area contributed by atoms with Crippen molar-refractivity contribution in [2.45, 2.75) is 39.7 Å². The zero-order valence-electron chi connectivity index (χ0n) is 17.2. The van der Waals surface area contributed by atoms with Crippen molar-refractivity contribution < 1.29 is 19.2 Å². The summed E-state index contributed by atoms with van der Waals surface area (Å²) in [5.74, 6) is -0.436. The molecule has 158 valence electrons. The van der Waals surface area contributed by atoms with Crippen molar-refractivity contribution >= 4 is 23.8 Å². The Labute approximate surface area is 165 Å². The maximum Gasteiger partial charge on any atom is 0.344 e. The van der Waals surface area contributed by atoms with Gasteiger partial charge < -0.3 is 10.6 Å². The van der Waals surface area contributed by atoms with Gasteiger partial charge in [-0.3, -0.25) is 29.6 Å². The number of urea groups is 1. The predicted molar refractivity (Wildman–Crippen MR) is 103 cm³/mol. The van der Waals surface area contributed by atoms with Gasteiger partial charge in [0.15, 0.2) is 0 Å². The maximum atomic E-state index is 12.3. The Morgan fingerprint density at radius 1 is 1.07 bits per heavy atom. The molecule has 0 saturated carbocycles. The Morgan fingerprint density at radius 2 is 1.61 bits per heavy atom. The summed E-state index contributed by atoms with van der Waals surface area (Å²) in [5, 5.41) is 6.26. The van der Waals surface area contributed by atoms with Crippen LogP contribution in [0, 0.1) is 5.92 Å². The van der Waals surface area contributed by atoms with Crippen LogP contribution in [0.3, 0.4) is 0 Å². The molecule has 10 nitrogen and oxygen atoms in total. The molecule has 0 radical (unpaired) electrons. The van der Waals surface area contributed by atoms with Gasteiger partial charge in [-0.15, -0.1) is 0 Å². The van der Waals surface area contributed by atoms with Gasteiger partial charge in [0.25, 0.3) is 11.8 Å². The number of carbonyl (C=O) groups is 4.